The van der Waals surface area contributed by atoms with Crippen LogP contribution in [-0.2, 0) is 0 Å². The topological polar surface area (TPSA) is 61.4 Å². The van der Waals surface area contributed by atoms with E-state index in [1.807, 2.05) is 29.2 Å². The lowest BCUT2D eigenvalue weighted by Gasteiger charge is -2.33. The highest BCUT2D eigenvalue weighted by Crippen LogP contribution is 2.19. The molecule has 0 bridgehead atoms. The molecule has 1 saturated heterocycles. The number of carbonyl (C=O) groups is 1. The number of anilines is 2. The molecule has 0 saturated carbocycles. The molecule has 24 heavy (non-hydrogen) atoms. The first-order valence-electron chi connectivity index (χ1n) is 8.02. The van der Waals surface area contributed by atoms with E-state index in [4.69, 9.17) is 0 Å². The molecule has 6 nitrogen and oxygen atoms in total. The Kier molecular flexibility index (Phi) is 5.42. The van der Waals surface area contributed by atoms with Crippen molar-refractivity contribution in [1.82, 2.24) is 19.8 Å². The lowest BCUT2D eigenvalue weighted by Crippen LogP contribution is -2.48. The number of halogens is 1. The summed E-state index contributed by atoms with van der Waals surface area (Å²) in [4.78, 5) is 25.2. The van der Waals surface area contributed by atoms with Crippen LogP contribution in [0.1, 0.15) is 17.4 Å². The lowest BCUT2D eigenvalue weighted by molar-refractivity contribution is 0.0637. The number of hydrogen-bond acceptors (Lipinski definition) is 5. The Hall–Kier alpha value is -1.99. The van der Waals surface area contributed by atoms with Crippen molar-refractivity contribution in [3.8, 4) is 0 Å². The minimum atomic E-state index is -0.0366. The summed E-state index contributed by atoms with van der Waals surface area (Å²) in [5.74, 6) is 0.573. The van der Waals surface area contributed by atoms with Gasteiger partial charge in [-0.2, -0.15) is 0 Å². The molecule has 1 amide bonds. The van der Waals surface area contributed by atoms with Crippen molar-refractivity contribution in [3.63, 3.8) is 0 Å². The number of likely N-dealkylation sites (N-methyl/N-ethyl adjacent to an activating group) is 1. The highest BCUT2D eigenvalue weighted by molar-refractivity contribution is 9.10. The van der Waals surface area contributed by atoms with Crippen LogP contribution in [0, 0.1) is 0 Å². The fraction of sp³-hybridized carbons (Fsp3) is 0.353. The van der Waals surface area contributed by atoms with Gasteiger partial charge in [-0.05, 0) is 24.7 Å². The van der Waals surface area contributed by atoms with E-state index >= 15 is 0 Å². The maximum absolute atomic E-state index is 12.6. The monoisotopic (exact) mass is 389 g/mol. The maximum Gasteiger partial charge on any atom is 0.272 e. The highest BCUT2D eigenvalue weighted by atomic mass is 79.9. The molecule has 126 valence electrons. The van der Waals surface area contributed by atoms with Gasteiger partial charge in [0.1, 0.15) is 17.8 Å². The number of carbonyl (C=O) groups excluding carboxylic acids is 1. The second-order valence-electron chi connectivity index (χ2n) is 5.65. The fourth-order valence-corrected chi connectivity index (χ4v) is 3.09. The van der Waals surface area contributed by atoms with E-state index in [9.17, 15) is 4.79 Å². The minimum Gasteiger partial charge on any atom is -0.340 e. The molecule has 0 unspecified atom stereocenters. The normalized spacial score (nSPS) is 15.3. The minimum absolute atomic E-state index is 0.0366. The van der Waals surface area contributed by atoms with Crippen LogP contribution >= 0.6 is 15.9 Å². The molecule has 2 heterocycles. The number of benzene rings is 1. The number of aromatic nitrogens is 2. The average molecular weight is 390 g/mol. The second-order valence-corrected chi connectivity index (χ2v) is 6.57. The molecule has 0 radical (unpaired) electrons. The zero-order valence-electron chi connectivity index (χ0n) is 13.6. The van der Waals surface area contributed by atoms with Gasteiger partial charge in [0, 0.05) is 42.4 Å². The van der Waals surface area contributed by atoms with E-state index in [0.717, 1.165) is 42.9 Å². The van der Waals surface area contributed by atoms with Crippen LogP contribution in [0.3, 0.4) is 0 Å². The molecule has 2 aromatic rings. The van der Waals surface area contributed by atoms with E-state index in [1.54, 1.807) is 6.07 Å². The third kappa shape index (κ3) is 4.10. The standard InChI is InChI=1S/C17H20BrN5O/c1-2-22-6-8-23(9-7-22)17(24)15-11-16(20-12-19-15)21-14-5-3-4-13(18)10-14/h3-5,10-12H,2,6-9H2,1H3,(H,19,20,21). The quantitative estimate of drug-likeness (QED) is 0.870. The molecule has 1 aliphatic rings. The molecule has 1 N–H and O–H groups in total. The molecule has 0 aliphatic carbocycles. The average Bonchev–Trinajstić information content (AvgIpc) is 2.61. The third-order valence-corrected chi connectivity index (χ3v) is 4.58. The van der Waals surface area contributed by atoms with Gasteiger partial charge in [-0.3, -0.25) is 4.79 Å². The summed E-state index contributed by atoms with van der Waals surface area (Å²) in [6, 6.07) is 9.49. The summed E-state index contributed by atoms with van der Waals surface area (Å²) in [6.45, 7) is 6.47. The molecular weight excluding hydrogens is 370 g/mol. The van der Waals surface area contributed by atoms with Gasteiger partial charge in [0.15, 0.2) is 0 Å². The summed E-state index contributed by atoms with van der Waals surface area (Å²) in [5.41, 5.74) is 1.32. The van der Waals surface area contributed by atoms with Gasteiger partial charge in [-0.15, -0.1) is 0 Å². The Labute approximate surface area is 150 Å². The smallest absolute Gasteiger partial charge is 0.272 e. The summed E-state index contributed by atoms with van der Waals surface area (Å²) in [7, 11) is 0. The van der Waals surface area contributed by atoms with Crippen LogP contribution < -0.4 is 5.32 Å². The molecule has 1 aromatic carbocycles. The van der Waals surface area contributed by atoms with Crippen LogP contribution in [0.15, 0.2) is 41.1 Å². The zero-order valence-corrected chi connectivity index (χ0v) is 15.2. The Morgan fingerprint density at radius 1 is 1.21 bits per heavy atom. The Balaban J connectivity index is 1.69. The number of rotatable bonds is 4. The van der Waals surface area contributed by atoms with E-state index in [2.05, 4.69) is 43.0 Å². The van der Waals surface area contributed by atoms with E-state index in [1.165, 1.54) is 6.33 Å². The van der Waals surface area contributed by atoms with Crippen molar-refractivity contribution in [3.05, 3.63) is 46.8 Å². The zero-order chi connectivity index (χ0) is 16.9. The van der Waals surface area contributed by atoms with E-state index in [-0.39, 0.29) is 5.91 Å². The summed E-state index contributed by atoms with van der Waals surface area (Å²) >= 11 is 3.44. The summed E-state index contributed by atoms with van der Waals surface area (Å²) in [5, 5.41) is 3.20. The van der Waals surface area contributed by atoms with E-state index in [0.29, 0.717) is 11.5 Å². The molecule has 1 aliphatic heterocycles. The van der Waals surface area contributed by atoms with Gasteiger partial charge in [0.2, 0.25) is 0 Å². The van der Waals surface area contributed by atoms with Crippen molar-refractivity contribution in [2.45, 2.75) is 6.92 Å². The lowest BCUT2D eigenvalue weighted by atomic mass is 10.2. The van der Waals surface area contributed by atoms with Crippen molar-refractivity contribution in [2.24, 2.45) is 0 Å². The molecular formula is C17H20BrN5O. The predicted octanol–water partition coefficient (Wildman–Crippen LogP) is 2.76. The van der Waals surface area contributed by atoms with Crippen molar-refractivity contribution in [1.29, 1.82) is 0 Å². The highest BCUT2D eigenvalue weighted by Gasteiger charge is 2.22. The molecule has 1 fully saturated rings. The summed E-state index contributed by atoms with van der Waals surface area (Å²) in [6.07, 6.45) is 1.43. The van der Waals surface area contributed by atoms with Crippen molar-refractivity contribution in [2.75, 3.05) is 38.0 Å². The van der Waals surface area contributed by atoms with Crippen LogP contribution in [0.2, 0.25) is 0 Å². The third-order valence-electron chi connectivity index (χ3n) is 4.09. The molecule has 0 spiro atoms. The van der Waals surface area contributed by atoms with Crippen LogP contribution in [0.5, 0.6) is 0 Å². The van der Waals surface area contributed by atoms with Crippen LogP contribution in [0.25, 0.3) is 0 Å². The number of nitrogens with one attached hydrogen (secondary N) is 1. The molecule has 1 aromatic heterocycles. The SMILES string of the molecule is CCN1CCN(C(=O)c2cc(Nc3cccc(Br)c3)ncn2)CC1. The summed E-state index contributed by atoms with van der Waals surface area (Å²) < 4.78 is 0.978. The van der Waals surface area contributed by atoms with Gasteiger partial charge >= 0.3 is 0 Å². The first-order valence-corrected chi connectivity index (χ1v) is 8.81. The van der Waals surface area contributed by atoms with Gasteiger partial charge in [-0.25, -0.2) is 9.97 Å². The number of piperazine rings is 1. The van der Waals surface area contributed by atoms with Gasteiger partial charge in [-0.1, -0.05) is 28.9 Å². The van der Waals surface area contributed by atoms with Crippen molar-refractivity contribution < 1.29 is 4.79 Å². The Morgan fingerprint density at radius 3 is 2.71 bits per heavy atom. The Morgan fingerprint density at radius 2 is 2.00 bits per heavy atom. The van der Waals surface area contributed by atoms with Gasteiger partial charge in [0.25, 0.3) is 5.91 Å². The second kappa shape index (κ2) is 7.72. The van der Waals surface area contributed by atoms with Gasteiger partial charge in [0.05, 0.1) is 0 Å². The molecule has 3 rings (SSSR count). The first-order chi connectivity index (χ1) is 11.7. The first kappa shape index (κ1) is 16.9. The maximum atomic E-state index is 12.6. The van der Waals surface area contributed by atoms with Crippen LogP contribution in [-0.4, -0.2) is 58.4 Å². The number of nitrogens with zero attached hydrogens (tertiary/aromatic N) is 4. The largest absolute Gasteiger partial charge is 0.340 e. The number of hydrogen-bond donors (Lipinski definition) is 1. The van der Waals surface area contributed by atoms with Crippen LogP contribution in [0.4, 0.5) is 11.5 Å². The number of amides is 1. The predicted molar refractivity (Wildman–Crippen MR) is 97.5 cm³/mol. The molecule has 0 atom stereocenters. The van der Waals surface area contributed by atoms with Crippen molar-refractivity contribution >= 4 is 33.3 Å². The fourth-order valence-electron chi connectivity index (χ4n) is 2.69. The van der Waals surface area contributed by atoms with E-state index < -0.39 is 0 Å². The van der Waals surface area contributed by atoms with Gasteiger partial charge < -0.3 is 15.1 Å². The molecule has 7 heteroatoms. The Bertz CT molecular complexity index is 716.